The van der Waals surface area contributed by atoms with Gasteiger partial charge in [0.25, 0.3) is 0 Å². The van der Waals surface area contributed by atoms with Crippen LogP contribution in [0.25, 0.3) is 0 Å². The fourth-order valence-electron chi connectivity index (χ4n) is 1.94. The number of hydrogen-bond donors (Lipinski definition) is 2. The zero-order chi connectivity index (χ0) is 13.8. The lowest BCUT2D eigenvalue weighted by Gasteiger charge is -2.15. The Kier molecular flexibility index (Phi) is 4.17. The van der Waals surface area contributed by atoms with Crippen molar-refractivity contribution in [3.8, 4) is 5.75 Å². The first-order valence-electron chi connectivity index (χ1n) is 6.34. The summed E-state index contributed by atoms with van der Waals surface area (Å²) in [5.74, 6) is -0.853. The van der Waals surface area contributed by atoms with Gasteiger partial charge in [-0.1, -0.05) is 42.0 Å². The molecule has 0 heterocycles. The summed E-state index contributed by atoms with van der Waals surface area (Å²) in [4.78, 5) is 0. The van der Waals surface area contributed by atoms with Gasteiger partial charge in [0.15, 0.2) is 11.6 Å². The monoisotopic (exact) mass is 259 g/mol. The lowest BCUT2D eigenvalue weighted by molar-refractivity contribution is 0.421. The van der Waals surface area contributed by atoms with Crippen molar-refractivity contribution < 1.29 is 9.50 Å². The number of para-hydroxylation sites is 1. The Hall–Kier alpha value is -1.87. The third-order valence-electron chi connectivity index (χ3n) is 3.25. The van der Waals surface area contributed by atoms with E-state index in [-0.39, 0.29) is 11.8 Å². The molecule has 0 aromatic heterocycles. The van der Waals surface area contributed by atoms with E-state index in [0.717, 1.165) is 0 Å². The molecule has 2 nitrogen and oxygen atoms in total. The minimum absolute atomic E-state index is 0.142. The van der Waals surface area contributed by atoms with Gasteiger partial charge < -0.3 is 10.4 Å². The molecule has 19 heavy (non-hydrogen) atoms. The summed E-state index contributed by atoms with van der Waals surface area (Å²) >= 11 is 0. The highest BCUT2D eigenvalue weighted by Gasteiger charge is 2.09. The van der Waals surface area contributed by atoms with Crippen molar-refractivity contribution in [1.29, 1.82) is 0 Å². The first-order valence-corrected chi connectivity index (χ1v) is 6.34. The fraction of sp³-hybridized carbons (Fsp3) is 0.250. The van der Waals surface area contributed by atoms with E-state index in [9.17, 15) is 9.50 Å². The Bertz CT molecular complexity index is 551. The number of rotatable bonds is 4. The maximum absolute atomic E-state index is 13.2. The summed E-state index contributed by atoms with van der Waals surface area (Å²) in [6.45, 7) is 4.52. The Labute approximate surface area is 112 Å². The highest BCUT2D eigenvalue weighted by atomic mass is 19.1. The van der Waals surface area contributed by atoms with Crippen molar-refractivity contribution in [2.24, 2.45) is 0 Å². The minimum Gasteiger partial charge on any atom is -0.505 e. The summed E-state index contributed by atoms with van der Waals surface area (Å²) in [6.07, 6.45) is 0. The first-order chi connectivity index (χ1) is 9.08. The SMILES string of the molecule is Cc1ccc([C@@H](C)NCc2cccc(F)c2O)cc1. The average Bonchev–Trinajstić information content (AvgIpc) is 2.41. The van der Waals surface area contributed by atoms with E-state index >= 15 is 0 Å². The number of phenolic OH excluding ortho intramolecular Hbond substituents is 1. The molecule has 2 aromatic carbocycles. The Morgan fingerprint density at radius 2 is 1.84 bits per heavy atom. The summed E-state index contributed by atoms with van der Waals surface area (Å²) in [5.41, 5.74) is 2.96. The van der Waals surface area contributed by atoms with Crippen LogP contribution in [0.2, 0.25) is 0 Å². The molecule has 0 saturated heterocycles. The molecular weight excluding hydrogens is 241 g/mol. The maximum Gasteiger partial charge on any atom is 0.165 e. The molecule has 3 heteroatoms. The zero-order valence-corrected chi connectivity index (χ0v) is 11.2. The molecule has 0 unspecified atom stereocenters. The molecule has 0 aliphatic rings. The van der Waals surface area contributed by atoms with Crippen molar-refractivity contribution in [2.75, 3.05) is 0 Å². The molecule has 2 N–H and O–H groups in total. The third kappa shape index (κ3) is 3.32. The Balaban J connectivity index is 2.02. The topological polar surface area (TPSA) is 32.3 Å². The van der Waals surface area contributed by atoms with E-state index in [1.165, 1.54) is 17.2 Å². The highest BCUT2D eigenvalue weighted by molar-refractivity contribution is 5.33. The van der Waals surface area contributed by atoms with Crippen molar-refractivity contribution >= 4 is 0 Å². The van der Waals surface area contributed by atoms with Crippen molar-refractivity contribution in [2.45, 2.75) is 26.4 Å². The van der Waals surface area contributed by atoms with Crippen LogP contribution in [0.1, 0.15) is 29.7 Å². The van der Waals surface area contributed by atoms with Crippen molar-refractivity contribution in [1.82, 2.24) is 5.32 Å². The predicted octanol–water partition coefficient (Wildman–Crippen LogP) is 3.69. The number of nitrogens with one attached hydrogen (secondary N) is 1. The van der Waals surface area contributed by atoms with Gasteiger partial charge in [0.05, 0.1) is 0 Å². The van der Waals surface area contributed by atoms with Gasteiger partial charge in [0.2, 0.25) is 0 Å². The molecule has 0 saturated carbocycles. The van der Waals surface area contributed by atoms with Gasteiger partial charge in [-0.3, -0.25) is 0 Å². The fourth-order valence-corrected chi connectivity index (χ4v) is 1.94. The van der Waals surface area contributed by atoms with Gasteiger partial charge in [0, 0.05) is 18.2 Å². The van der Waals surface area contributed by atoms with Crippen LogP contribution in [0, 0.1) is 12.7 Å². The second kappa shape index (κ2) is 5.85. The van der Waals surface area contributed by atoms with Crippen molar-refractivity contribution in [3.63, 3.8) is 0 Å². The third-order valence-corrected chi connectivity index (χ3v) is 3.25. The summed E-state index contributed by atoms with van der Waals surface area (Å²) in [5, 5.41) is 12.9. The number of aromatic hydroxyl groups is 1. The van der Waals surface area contributed by atoms with Crippen LogP contribution in [0.5, 0.6) is 5.75 Å². The Morgan fingerprint density at radius 1 is 1.16 bits per heavy atom. The zero-order valence-electron chi connectivity index (χ0n) is 11.2. The summed E-state index contributed by atoms with van der Waals surface area (Å²) in [6, 6.07) is 13.0. The number of benzene rings is 2. The Morgan fingerprint density at radius 3 is 2.53 bits per heavy atom. The lowest BCUT2D eigenvalue weighted by Crippen LogP contribution is -2.18. The number of halogens is 1. The highest BCUT2D eigenvalue weighted by Crippen LogP contribution is 2.21. The smallest absolute Gasteiger partial charge is 0.165 e. The van der Waals surface area contributed by atoms with Gasteiger partial charge in [0.1, 0.15) is 0 Å². The summed E-state index contributed by atoms with van der Waals surface area (Å²) in [7, 11) is 0. The van der Waals surface area contributed by atoms with E-state index in [0.29, 0.717) is 12.1 Å². The number of aryl methyl sites for hydroxylation is 1. The van der Waals surface area contributed by atoms with Gasteiger partial charge in [-0.25, -0.2) is 4.39 Å². The van der Waals surface area contributed by atoms with E-state index in [4.69, 9.17) is 0 Å². The quantitative estimate of drug-likeness (QED) is 0.877. The van der Waals surface area contributed by atoms with E-state index < -0.39 is 5.82 Å². The van der Waals surface area contributed by atoms with E-state index in [2.05, 4.69) is 29.6 Å². The second-order valence-corrected chi connectivity index (χ2v) is 4.76. The summed E-state index contributed by atoms with van der Waals surface area (Å²) < 4.78 is 13.2. The van der Waals surface area contributed by atoms with Gasteiger partial charge in [-0.05, 0) is 25.5 Å². The molecule has 0 fully saturated rings. The van der Waals surface area contributed by atoms with Crippen LogP contribution >= 0.6 is 0 Å². The molecule has 2 rings (SSSR count). The van der Waals surface area contributed by atoms with Crippen LogP contribution in [0.3, 0.4) is 0 Å². The molecule has 0 spiro atoms. The normalized spacial score (nSPS) is 12.4. The molecule has 0 radical (unpaired) electrons. The van der Waals surface area contributed by atoms with E-state index in [1.54, 1.807) is 12.1 Å². The standard InChI is InChI=1S/C16H18FNO/c1-11-6-8-13(9-7-11)12(2)18-10-14-4-3-5-15(17)16(14)19/h3-9,12,18-19H,10H2,1-2H3/t12-/m1/s1. The molecule has 0 aliphatic heterocycles. The van der Waals surface area contributed by atoms with Crippen LogP contribution in [-0.2, 0) is 6.54 Å². The van der Waals surface area contributed by atoms with E-state index in [1.807, 2.05) is 13.8 Å². The van der Waals surface area contributed by atoms with Crippen LogP contribution < -0.4 is 5.32 Å². The second-order valence-electron chi connectivity index (χ2n) is 4.76. The lowest BCUT2D eigenvalue weighted by atomic mass is 10.1. The van der Waals surface area contributed by atoms with Crippen LogP contribution in [-0.4, -0.2) is 5.11 Å². The molecule has 2 aromatic rings. The number of phenols is 1. The number of hydrogen-bond acceptors (Lipinski definition) is 2. The average molecular weight is 259 g/mol. The molecule has 0 amide bonds. The first kappa shape index (κ1) is 13.6. The minimum atomic E-state index is -0.581. The molecule has 0 aliphatic carbocycles. The van der Waals surface area contributed by atoms with Crippen molar-refractivity contribution in [3.05, 3.63) is 65.0 Å². The largest absolute Gasteiger partial charge is 0.505 e. The van der Waals surface area contributed by atoms with Crippen LogP contribution in [0.15, 0.2) is 42.5 Å². The van der Waals surface area contributed by atoms with Gasteiger partial charge >= 0.3 is 0 Å². The van der Waals surface area contributed by atoms with Gasteiger partial charge in [-0.2, -0.15) is 0 Å². The molecule has 1 atom stereocenters. The molecular formula is C16H18FNO. The van der Waals surface area contributed by atoms with Crippen LogP contribution in [0.4, 0.5) is 4.39 Å². The molecule has 0 bridgehead atoms. The van der Waals surface area contributed by atoms with Gasteiger partial charge in [-0.15, -0.1) is 0 Å². The predicted molar refractivity (Wildman–Crippen MR) is 74.5 cm³/mol. The molecule has 100 valence electrons. The maximum atomic E-state index is 13.2.